The van der Waals surface area contributed by atoms with E-state index in [1.807, 2.05) is 12.1 Å². The van der Waals surface area contributed by atoms with E-state index in [1.165, 1.54) is 16.5 Å². The molecule has 0 spiro atoms. The molecule has 4 nitrogen and oxygen atoms in total. The van der Waals surface area contributed by atoms with Gasteiger partial charge in [0.2, 0.25) is 0 Å². The zero-order valence-electron chi connectivity index (χ0n) is 13.8. The van der Waals surface area contributed by atoms with Gasteiger partial charge in [-0.1, -0.05) is 25.5 Å². The maximum atomic E-state index is 12.0. The van der Waals surface area contributed by atoms with Crippen LogP contribution in [0.5, 0.6) is 11.5 Å². The van der Waals surface area contributed by atoms with E-state index in [2.05, 4.69) is 19.1 Å². The molecule has 0 aromatic heterocycles. The molecule has 3 rings (SSSR count). The van der Waals surface area contributed by atoms with Crippen LogP contribution in [0.1, 0.15) is 25.8 Å². The lowest BCUT2D eigenvalue weighted by molar-refractivity contribution is -0.120. The van der Waals surface area contributed by atoms with Crippen LogP contribution in [0.2, 0.25) is 0 Å². The van der Waals surface area contributed by atoms with Crippen molar-refractivity contribution in [1.29, 1.82) is 0 Å². The number of amides is 2. The highest BCUT2D eigenvalue weighted by atomic mass is 16.5. The second-order valence-electron chi connectivity index (χ2n) is 5.80. The average Bonchev–Trinajstić information content (AvgIpc) is 2.83. The van der Waals surface area contributed by atoms with E-state index in [-0.39, 0.29) is 11.8 Å². The highest BCUT2D eigenvalue weighted by Gasteiger charge is 2.29. The number of hydrogen-bond donors (Lipinski definition) is 0. The highest BCUT2D eigenvalue weighted by molar-refractivity contribution is 6.30. The van der Waals surface area contributed by atoms with Crippen LogP contribution in [-0.4, -0.2) is 11.8 Å². The normalized spacial score (nSPS) is 14.1. The lowest BCUT2D eigenvalue weighted by Crippen LogP contribution is -2.30. The van der Waals surface area contributed by atoms with Crippen molar-refractivity contribution in [2.45, 2.75) is 26.7 Å². The van der Waals surface area contributed by atoms with Gasteiger partial charge in [-0.2, -0.15) is 0 Å². The predicted octanol–water partition coefficient (Wildman–Crippen LogP) is 4.25. The van der Waals surface area contributed by atoms with Crippen molar-refractivity contribution in [1.82, 2.24) is 0 Å². The number of rotatable bonds is 5. The van der Waals surface area contributed by atoms with Crippen LogP contribution >= 0.6 is 0 Å². The van der Waals surface area contributed by atoms with Gasteiger partial charge in [0.25, 0.3) is 11.8 Å². The largest absolute Gasteiger partial charge is 0.457 e. The predicted molar refractivity (Wildman–Crippen MR) is 93.2 cm³/mol. The lowest BCUT2D eigenvalue weighted by Gasteiger charge is -2.15. The molecule has 24 heavy (non-hydrogen) atoms. The summed E-state index contributed by atoms with van der Waals surface area (Å²) >= 11 is 0. The molecule has 1 aliphatic rings. The number of imide groups is 1. The van der Waals surface area contributed by atoms with E-state index < -0.39 is 0 Å². The van der Waals surface area contributed by atoms with Crippen molar-refractivity contribution in [3.63, 3.8) is 0 Å². The molecule has 0 N–H and O–H groups in total. The second-order valence-corrected chi connectivity index (χ2v) is 5.80. The molecule has 0 saturated carbocycles. The number of carbonyl (C=O) groups excluding carboxylic acids is 2. The van der Waals surface area contributed by atoms with Crippen molar-refractivity contribution in [3.05, 3.63) is 65.7 Å². The number of benzene rings is 2. The second kappa shape index (κ2) is 6.71. The maximum Gasteiger partial charge on any atom is 0.261 e. The Morgan fingerprint density at radius 1 is 0.917 bits per heavy atom. The van der Waals surface area contributed by atoms with Gasteiger partial charge in [-0.05, 0) is 55.3 Å². The number of aryl methyl sites for hydroxylation is 1. The first-order valence-corrected chi connectivity index (χ1v) is 8.02. The van der Waals surface area contributed by atoms with Gasteiger partial charge >= 0.3 is 0 Å². The molecule has 4 heteroatoms. The summed E-state index contributed by atoms with van der Waals surface area (Å²) in [4.78, 5) is 25.0. The Bertz CT molecular complexity index is 789. The van der Waals surface area contributed by atoms with Crippen molar-refractivity contribution >= 4 is 17.5 Å². The highest BCUT2D eigenvalue weighted by Crippen LogP contribution is 2.27. The Morgan fingerprint density at radius 2 is 1.50 bits per heavy atom. The summed E-state index contributed by atoms with van der Waals surface area (Å²) in [7, 11) is 0. The Morgan fingerprint density at radius 3 is 2.00 bits per heavy atom. The van der Waals surface area contributed by atoms with E-state index >= 15 is 0 Å². The lowest BCUT2D eigenvalue weighted by atomic mass is 10.1. The van der Waals surface area contributed by atoms with Crippen LogP contribution in [0.15, 0.2) is 60.2 Å². The summed E-state index contributed by atoms with van der Waals surface area (Å²) in [6, 6.07) is 14.9. The quantitative estimate of drug-likeness (QED) is 0.773. The number of nitrogens with zero attached hydrogens (tertiary/aromatic N) is 1. The Labute approximate surface area is 141 Å². The molecule has 122 valence electrons. The summed E-state index contributed by atoms with van der Waals surface area (Å²) in [5.74, 6) is 0.831. The Balaban J connectivity index is 1.71. The summed E-state index contributed by atoms with van der Waals surface area (Å²) < 4.78 is 5.80. The van der Waals surface area contributed by atoms with Crippen molar-refractivity contribution in [2.75, 3.05) is 4.90 Å². The van der Waals surface area contributed by atoms with E-state index in [0.29, 0.717) is 17.0 Å². The summed E-state index contributed by atoms with van der Waals surface area (Å²) in [6.45, 7) is 3.79. The molecule has 0 fully saturated rings. The van der Waals surface area contributed by atoms with Crippen LogP contribution in [0.3, 0.4) is 0 Å². The summed E-state index contributed by atoms with van der Waals surface area (Å²) in [5, 5.41) is 0. The van der Waals surface area contributed by atoms with Crippen molar-refractivity contribution in [2.24, 2.45) is 0 Å². The van der Waals surface area contributed by atoms with Crippen LogP contribution in [-0.2, 0) is 16.0 Å². The van der Waals surface area contributed by atoms with Crippen molar-refractivity contribution in [3.8, 4) is 11.5 Å². The van der Waals surface area contributed by atoms with Gasteiger partial charge in [0.15, 0.2) is 0 Å². The first-order chi connectivity index (χ1) is 11.6. The number of carbonyl (C=O) groups is 2. The third-order valence-corrected chi connectivity index (χ3v) is 3.89. The van der Waals surface area contributed by atoms with E-state index in [4.69, 9.17) is 4.74 Å². The minimum Gasteiger partial charge on any atom is -0.457 e. The number of hydrogen-bond acceptors (Lipinski definition) is 3. The molecule has 0 unspecified atom stereocenters. The van der Waals surface area contributed by atoms with Gasteiger partial charge < -0.3 is 4.74 Å². The van der Waals surface area contributed by atoms with E-state index in [1.54, 1.807) is 31.2 Å². The molecular weight excluding hydrogens is 302 g/mol. The minimum absolute atomic E-state index is 0.278. The van der Waals surface area contributed by atoms with Gasteiger partial charge in [0.05, 0.1) is 5.69 Å². The van der Waals surface area contributed by atoms with E-state index in [9.17, 15) is 9.59 Å². The molecule has 0 radical (unpaired) electrons. The fraction of sp³-hybridized carbons (Fsp3) is 0.200. The fourth-order valence-corrected chi connectivity index (χ4v) is 2.64. The molecule has 2 amide bonds. The Hall–Kier alpha value is -2.88. The molecule has 0 aliphatic carbocycles. The smallest absolute Gasteiger partial charge is 0.261 e. The van der Waals surface area contributed by atoms with Gasteiger partial charge in [0, 0.05) is 11.6 Å². The SMILES string of the molecule is CCCc1ccc(Oc2ccc(N3C(=O)C=C(C)C3=O)cc2)cc1. The zero-order valence-corrected chi connectivity index (χ0v) is 13.8. The first kappa shape index (κ1) is 16.0. The Kier molecular flexibility index (Phi) is 4.47. The monoisotopic (exact) mass is 321 g/mol. The van der Waals surface area contributed by atoms with Gasteiger partial charge in [-0.15, -0.1) is 0 Å². The first-order valence-electron chi connectivity index (χ1n) is 8.02. The molecular formula is C20H19NO3. The van der Waals surface area contributed by atoms with Gasteiger partial charge in [0.1, 0.15) is 11.5 Å². The summed E-state index contributed by atoms with van der Waals surface area (Å²) in [5.41, 5.74) is 2.28. The topological polar surface area (TPSA) is 46.6 Å². The van der Waals surface area contributed by atoms with Crippen LogP contribution < -0.4 is 9.64 Å². The average molecular weight is 321 g/mol. The molecule has 2 aromatic rings. The van der Waals surface area contributed by atoms with Crippen molar-refractivity contribution < 1.29 is 14.3 Å². The van der Waals surface area contributed by atoms with Crippen LogP contribution in [0, 0.1) is 0 Å². The molecule has 1 aliphatic heterocycles. The fourth-order valence-electron chi connectivity index (χ4n) is 2.64. The van der Waals surface area contributed by atoms with Gasteiger partial charge in [-0.3, -0.25) is 9.59 Å². The number of ether oxygens (including phenoxy) is 1. The minimum atomic E-state index is -0.308. The molecule has 1 heterocycles. The summed E-state index contributed by atoms with van der Waals surface area (Å²) in [6.07, 6.45) is 3.52. The molecule has 2 aromatic carbocycles. The van der Waals surface area contributed by atoms with E-state index in [0.717, 1.165) is 18.6 Å². The number of anilines is 1. The van der Waals surface area contributed by atoms with Gasteiger partial charge in [-0.25, -0.2) is 4.90 Å². The van der Waals surface area contributed by atoms with Crippen LogP contribution in [0.25, 0.3) is 0 Å². The standard InChI is InChI=1S/C20H19NO3/c1-3-4-15-5-9-17(10-6-15)24-18-11-7-16(8-12-18)21-19(22)13-14(2)20(21)23/h5-13H,3-4H2,1-2H3. The molecule has 0 bridgehead atoms. The third kappa shape index (κ3) is 3.23. The molecule has 0 atom stereocenters. The van der Waals surface area contributed by atoms with Crippen LogP contribution in [0.4, 0.5) is 5.69 Å². The zero-order chi connectivity index (χ0) is 17.1. The molecule has 0 saturated heterocycles. The third-order valence-electron chi connectivity index (χ3n) is 3.89. The maximum absolute atomic E-state index is 12.0.